The summed E-state index contributed by atoms with van der Waals surface area (Å²) in [6, 6.07) is 4.37. The number of rotatable bonds is 6. The molecule has 110 valence electrons. The molecule has 0 saturated carbocycles. The standard InChI is InChI=1S/C14H19FN2O3/c1-10-4-5-11(12(15)8-10)14(19)17(2)9-13(18)16-6-7-20-3/h4-5,8H,6-7,9H2,1-3H3,(H,16,18). The van der Waals surface area contributed by atoms with Crippen LogP contribution in [-0.4, -0.2) is 50.6 Å². The Labute approximate surface area is 117 Å². The fourth-order valence-corrected chi connectivity index (χ4v) is 1.63. The lowest BCUT2D eigenvalue weighted by Gasteiger charge is -2.17. The van der Waals surface area contributed by atoms with Crippen LogP contribution in [0.25, 0.3) is 0 Å². The van der Waals surface area contributed by atoms with Gasteiger partial charge in [-0.3, -0.25) is 9.59 Å². The monoisotopic (exact) mass is 282 g/mol. The average Bonchev–Trinajstić information content (AvgIpc) is 2.38. The zero-order valence-corrected chi connectivity index (χ0v) is 11.9. The molecule has 1 aromatic carbocycles. The first kappa shape index (κ1) is 16.1. The second-order valence-corrected chi connectivity index (χ2v) is 4.49. The highest BCUT2D eigenvalue weighted by molar-refractivity contribution is 5.96. The summed E-state index contributed by atoms with van der Waals surface area (Å²) in [5, 5.41) is 2.59. The maximum atomic E-state index is 13.7. The first-order chi connectivity index (χ1) is 9.45. The van der Waals surface area contributed by atoms with Crippen molar-refractivity contribution in [2.24, 2.45) is 0 Å². The van der Waals surface area contributed by atoms with E-state index in [2.05, 4.69) is 5.32 Å². The third-order valence-corrected chi connectivity index (χ3v) is 2.71. The van der Waals surface area contributed by atoms with Crippen molar-refractivity contribution < 1.29 is 18.7 Å². The fraction of sp³-hybridized carbons (Fsp3) is 0.429. The lowest BCUT2D eigenvalue weighted by molar-refractivity contribution is -0.121. The summed E-state index contributed by atoms with van der Waals surface area (Å²) in [4.78, 5) is 24.7. The molecular weight excluding hydrogens is 263 g/mol. The number of benzene rings is 1. The highest BCUT2D eigenvalue weighted by Gasteiger charge is 2.18. The molecule has 0 spiro atoms. The number of nitrogens with one attached hydrogen (secondary N) is 1. The van der Waals surface area contributed by atoms with Gasteiger partial charge < -0.3 is 15.0 Å². The molecule has 0 saturated heterocycles. The molecule has 0 unspecified atom stereocenters. The number of carbonyl (C=O) groups excluding carboxylic acids is 2. The first-order valence-electron chi connectivity index (χ1n) is 6.23. The number of ether oxygens (including phenoxy) is 1. The van der Waals surface area contributed by atoms with E-state index in [-0.39, 0.29) is 18.0 Å². The van der Waals surface area contributed by atoms with Gasteiger partial charge in [0.2, 0.25) is 5.91 Å². The summed E-state index contributed by atoms with van der Waals surface area (Å²) in [6.07, 6.45) is 0. The molecule has 0 heterocycles. The van der Waals surface area contributed by atoms with Gasteiger partial charge in [0, 0.05) is 20.7 Å². The predicted octanol–water partition coefficient (Wildman–Crippen LogP) is 0.969. The smallest absolute Gasteiger partial charge is 0.257 e. The van der Waals surface area contributed by atoms with Crippen LogP contribution in [0.1, 0.15) is 15.9 Å². The highest BCUT2D eigenvalue weighted by Crippen LogP contribution is 2.11. The maximum Gasteiger partial charge on any atom is 0.257 e. The van der Waals surface area contributed by atoms with E-state index in [4.69, 9.17) is 4.74 Å². The first-order valence-corrected chi connectivity index (χ1v) is 6.23. The van der Waals surface area contributed by atoms with Gasteiger partial charge in [-0.05, 0) is 24.6 Å². The van der Waals surface area contributed by atoms with Gasteiger partial charge in [0.15, 0.2) is 0 Å². The van der Waals surface area contributed by atoms with Crippen molar-refractivity contribution in [2.45, 2.75) is 6.92 Å². The summed E-state index contributed by atoms with van der Waals surface area (Å²) >= 11 is 0. The SMILES string of the molecule is COCCNC(=O)CN(C)C(=O)c1ccc(C)cc1F. The van der Waals surface area contributed by atoms with E-state index >= 15 is 0 Å². The lowest BCUT2D eigenvalue weighted by atomic mass is 10.1. The molecule has 1 aromatic rings. The zero-order chi connectivity index (χ0) is 15.1. The van der Waals surface area contributed by atoms with E-state index in [9.17, 15) is 14.0 Å². The van der Waals surface area contributed by atoms with Crippen molar-refractivity contribution in [2.75, 3.05) is 33.9 Å². The number of methoxy groups -OCH3 is 1. The van der Waals surface area contributed by atoms with Crippen LogP contribution < -0.4 is 5.32 Å². The number of carbonyl (C=O) groups is 2. The normalized spacial score (nSPS) is 10.2. The molecule has 0 fully saturated rings. The molecule has 5 nitrogen and oxygen atoms in total. The van der Waals surface area contributed by atoms with Gasteiger partial charge in [0.1, 0.15) is 5.82 Å². The largest absolute Gasteiger partial charge is 0.383 e. The maximum absolute atomic E-state index is 13.7. The minimum atomic E-state index is -0.582. The van der Waals surface area contributed by atoms with E-state index in [0.29, 0.717) is 13.2 Å². The topological polar surface area (TPSA) is 58.6 Å². The van der Waals surface area contributed by atoms with Gasteiger partial charge in [0.05, 0.1) is 18.7 Å². The van der Waals surface area contributed by atoms with Crippen molar-refractivity contribution in [3.63, 3.8) is 0 Å². The molecular formula is C14H19FN2O3. The third kappa shape index (κ3) is 4.62. The minimum Gasteiger partial charge on any atom is -0.383 e. The van der Waals surface area contributed by atoms with Gasteiger partial charge in [-0.25, -0.2) is 4.39 Å². The van der Waals surface area contributed by atoms with E-state index in [1.807, 2.05) is 0 Å². The van der Waals surface area contributed by atoms with E-state index < -0.39 is 11.7 Å². The Balaban J connectivity index is 2.60. The Morgan fingerprint density at radius 2 is 2.10 bits per heavy atom. The van der Waals surface area contributed by atoms with Gasteiger partial charge in [-0.15, -0.1) is 0 Å². The van der Waals surface area contributed by atoms with Crippen LogP contribution in [-0.2, 0) is 9.53 Å². The molecule has 2 amide bonds. The van der Waals surface area contributed by atoms with E-state index in [0.717, 1.165) is 5.56 Å². The van der Waals surface area contributed by atoms with Crippen LogP contribution in [0.3, 0.4) is 0 Å². The highest BCUT2D eigenvalue weighted by atomic mass is 19.1. The molecule has 0 aliphatic carbocycles. The number of nitrogens with zero attached hydrogens (tertiary/aromatic N) is 1. The molecule has 1 N–H and O–H groups in total. The summed E-state index contributed by atoms with van der Waals surface area (Å²) in [6.45, 7) is 2.38. The summed E-state index contributed by atoms with van der Waals surface area (Å²) < 4.78 is 18.5. The van der Waals surface area contributed by atoms with Crippen LogP contribution >= 0.6 is 0 Å². The van der Waals surface area contributed by atoms with E-state index in [1.165, 1.54) is 31.2 Å². The van der Waals surface area contributed by atoms with Crippen molar-refractivity contribution >= 4 is 11.8 Å². The number of aryl methyl sites for hydroxylation is 1. The molecule has 0 aliphatic rings. The zero-order valence-electron chi connectivity index (χ0n) is 11.9. The third-order valence-electron chi connectivity index (χ3n) is 2.71. The van der Waals surface area contributed by atoms with Gasteiger partial charge >= 0.3 is 0 Å². The lowest BCUT2D eigenvalue weighted by Crippen LogP contribution is -2.39. The molecule has 0 bridgehead atoms. The molecule has 0 atom stereocenters. The Morgan fingerprint density at radius 3 is 2.70 bits per heavy atom. The molecule has 20 heavy (non-hydrogen) atoms. The Morgan fingerprint density at radius 1 is 1.40 bits per heavy atom. The molecule has 0 radical (unpaired) electrons. The summed E-state index contributed by atoms with van der Waals surface area (Å²) in [5.74, 6) is -1.42. The Kier molecular flexibility index (Phi) is 6.11. The van der Waals surface area contributed by atoms with Gasteiger partial charge in [-0.1, -0.05) is 6.07 Å². The van der Waals surface area contributed by atoms with Crippen molar-refractivity contribution in [3.8, 4) is 0 Å². The Hall–Kier alpha value is -1.95. The quantitative estimate of drug-likeness (QED) is 0.791. The van der Waals surface area contributed by atoms with Crippen LogP contribution in [0.2, 0.25) is 0 Å². The number of hydrogen-bond acceptors (Lipinski definition) is 3. The summed E-state index contributed by atoms with van der Waals surface area (Å²) in [5.41, 5.74) is 0.696. The number of halogens is 1. The van der Waals surface area contributed by atoms with Crippen LogP contribution in [0.4, 0.5) is 4.39 Å². The van der Waals surface area contributed by atoms with Crippen molar-refractivity contribution in [1.29, 1.82) is 0 Å². The minimum absolute atomic E-state index is 0.0391. The molecule has 6 heteroatoms. The predicted molar refractivity (Wildman–Crippen MR) is 73.0 cm³/mol. The second kappa shape index (κ2) is 7.59. The van der Waals surface area contributed by atoms with Crippen LogP contribution in [0.15, 0.2) is 18.2 Å². The molecule has 0 aliphatic heterocycles. The van der Waals surface area contributed by atoms with Gasteiger partial charge in [-0.2, -0.15) is 0 Å². The van der Waals surface area contributed by atoms with Crippen molar-refractivity contribution in [1.82, 2.24) is 10.2 Å². The Bertz CT molecular complexity index is 491. The summed E-state index contributed by atoms with van der Waals surface area (Å²) in [7, 11) is 2.99. The fourth-order valence-electron chi connectivity index (χ4n) is 1.63. The number of hydrogen-bond donors (Lipinski definition) is 1. The van der Waals surface area contributed by atoms with Crippen LogP contribution in [0.5, 0.6) is 0 Å². The number of amides is 2. The second-order valence-electron chi connectivity index (χ2n) is 4.49. The molecule has 1 rings (SSSR count). The van der Waals surface area contributed by atoms with Crippen molar-refractivity contribution in [3.05, 3.63) is 35.1 Å². The van der Waals surface area contributed by atoms with E-state index in [1.54, 1.807) is 13.0 Å². The van der Waals surface area contributed by atoms with Crippen LogP contribution in [0, 0.1) is 12.7 Å². The average molecular weight is 282 g/mol. The number of likely N-dealkylation sites (N-methyl/N-ethyl adjacent to an activating group) is 1. The molecule has 0 aromatic heterocycles. The van der Waals surface area contributed by atoms with Gasteiger partial charge in [0.25, 0.3) is 5.91 Å².